The summed E-state index contributed by atoms with van der Waals surface area (Å²) in [5.74, 6) is 6.99. The molecule has 1 aromatic rings. The molecular formula is C42H46O. The predicted molar refractivity (Wildman–Crippen MR) is 177 cm³/mol. The number of ether oxygens (including phenoxy) is 1. The van der Waals surface area contributed by atoms with Crippen molar-refractivity contribution in [1.82, 2.24) is 0 Å². The summed E-state index contributed by atoms with van der Waals surface area (Å²) in [6, 6.07) is 7.01. The molecule has 0 aromatic heterocycles. The molecule has 1 fully saturated rings. The van der Waals surface area contributed by atoms with Crippen LogP contribution in [0.3, 0.4) is 0 Å². The molecule has 1 nitrogen and oxygen atoms in total. The van der Waals surface area contributed by atoms with Crippen molar-refractivity contribution in [1.29, 1.82) is 0 Å². The van der Waals surface area contributed by atoms with E-state index in [4.69, 9.17) is 4.74 Å². The van der Waals surface area contributed by atoms with Gasteiger partial charge >= 0.3 is 0 Å². The van der Waals surface area contributed by atoms with E-state index >= 15 is 0 Å². The molecule has 43 heavy (non-hydrogen) atoms. The van der Waals surface area contributed by atoms with Crippen LogP contribution in [0.2, 0.25) is 0 Å². The van der Waals surface area contributed by atoms with Crippen LogP contribution in [0.15, 0.2) is 114 Å². The molecule has 1 saturated carbocycles. The fourth-order valence-electron chi connectivity index (χ4n) is 11.2. The molecule has 9 rings (SSSR count). The third-order valence-electron chi connectivity index (χ3n) is 12.8. The highest BCUT2D eigenvalue weighted by atomic mass is 16.5. The second-order valence-electron chi connectivity index (χ2n) is 14.7. The summed E-state index contributed by atoms with van der Waals surface area (Å²) < 4.78 is 6.54. The second-order valence-corrected chi connectivity index (χ2v) is 14.7. The number of benzene rings is 1. The van der Waals surface area contributed by atoms with Gasteiger partial charge in [0.2, 0.25) is 0 Å². The van der Waals surface area contributed by atoms with Crippen molar-refractivity contribution in [3.05, 3.63) is 125 Å². The highest BCUT2D eigenvalue weighted by molar-refractivity contribution is 5.53. The molecule has 8 aliphatic rings. The van der Waals surface area contributed by atoms with E-state index in [9.17, 15) is 0 Å². The second kappa shape index (κ2) is 10.8. The predicted octanol–water partition coefficient (Wildman–Crippen LogP) is 10.5. The van der Waals surface area contributed by atoms with Crippen LogP contribution in [0.1, 0.15) is 87.2 Å². The number of rotatable bonds is 3. The van der Waals surface area contributed by atoms with Gasteiger partial charge in [0.1, 0.15) is 11.9 Å². The lowest BCUT2D eigenvalue weighted by Crippen LogP contribution is -2.48. The SMILES string of the molecule is C1=CC2Oc3cccc(C4C5C=CCCC5C(C5C=C(C6CCCC7=C6CCC=C7)C=CC5)C5CC=CCC54)c3C2C=C1. The molecule has 0 radical (unpaired) electrons. The molecule has 0 amide bonds. The van der Waals surface area contributed by atoms with E-state index in [0.717, 1.165) is 23.5 Å². The van der Waals surface area contributed by atoms with Gasteiger partial charge < -0.3 is 4.74 Å². The maximum Gasteiger partial charge on any atom is 0.128 e. The average Bonchev–Trinajstić information content (AvgIpc) is 3.46. The topological polar surface area (TPSA) is 9.23 Å². The molecule has 220 valence electrons. The van der Waals surface area contributed by atoms with Crippen molar-refractivity contribution >= 4 is 0 Å². The Kier molecular flexibility index (Phi) is 6.64. The van der Waals surface area contributed by atoms with Crippen molar-refractivity contribution < 1.29 is 4.74 Å². The summed E-state index contributed by atoms with van der Waals surface area (Å²) in [6.45, 7) is 0. The average molecular weight is 567 g/mol. The van der Waals surface area contributed by atoms with E-state index < -0.39 is 0 Å². The highest BCUT2D eigenvalue weighted by Gasteiger charge is 2.53. The molecule has 0 spiro atoms. The van der Waals surface area contributed by atoms with Crippen molar-refractivity contribution in [2.75, 3.05) is 0 Å². The Morgan fingerprint density at radius 3 is 2.65 bits per heavy atom. The zero-order chi connectivity index (χ0) is 28.3. The van der Waals surface area contributed by atoms with E-state index in [1.807, 2.05) is 0 Å². The normalized spacial score (nSPS) is 40.2. The molecule has 0 N–H and O–H groups in total. The van der Waals surface area contributed by atoms with E-state index in [2.05, 4.69) is 97.2 Å². The fourth-order valence-corrected chi connectivity index (χ4v) is 11.2. The first-order valence-corrected chi connectivity index (χ1v) is 17.6. The first kappa shape index (κ1) is 26.4. The maximum atomic E-state index is 6.54. The Hall–Kier alpha value is -3.06. The summed E-state index contributed by atoms with van der Waals surface area (Å²) in [5, 5.41) is 0. The van der Waals surface area contributed by atoms with Crippen LogP contribution in [0, 0.1) is 41.4 Å². The minimum Gasteiger partial charge on any atom is -0.485 e. The quantitative estimate of drug-likeness (QED) is 0.331. The monoisotopic (exact) mass is 566 g/mol. The Balaban J connectivity index is 1.10. The van der Waals surface area contributed by atoms with Crippen LogP contribution in [0.4, 0.5) is 0 Å². The molecule has 1 aliphatic heterocycles. The van der Waals surface area contributed by atoms with Crippen molar-refractivity contribution in [2.24, 2.45) is 41.4 Å². The molecule has 1 heteroatoms. The van der Waals surface area contributed by atoms with Crippen LogP contribution in [-0.4, -0.2) is 6.10 Å². The van der Waals surface area contributed by atoms with Gasteiger partial charge in [-0.2, -0.15) is 0 Å². The zero-order valence-electron chi connectivity index (χ0n) is 25.5. The van der Waals surface area contributed by atoms with Crippen LogP contribution in [0.5, 0.6) is 5.75 Å². The van der Waals surface area contributed by atoms with E-state index in [0.29, 0.717) is 35.5 Å². The van der Waals surface area contributed by atoms with Gasteiger partial charge in [0.25, 0.3) is 0 Å². The molecule has 10 atom stereocenters. The van der Waals surface area contributed by atoms with Gasteiger partial charge in [0.05, 0.1) is 0 Å². The third-order valence-corrected chi connectivity index (χ3v) is 12.8. The third kappa shape index (κ3) is 4.32. The number of hydrogen-bond acceptors (Lipinski definition) is 1. The number of hydrogen-bond donors (Lipinski definition) is 0. The number of fused-ring (bicyclic) bond motifs is 5. The van der Waals surface area contributed by atoms with Crippen molar-refractivity contribution in [2.45, 2.75) is 82.1 Å². The Morgan fingerprint density at radius 2 is 1.67 bits per heavy atom. The van der Waals surface area contributed by atoms with E-state index in [1.165, 1.54) is 69.8 Å². The van der Waals surface area contributed by atoms with E-state index in [1.54, 1.807) is 22.3 Å². The van der Waals surface area contributed by atoms with Gasteiger partial charge in [-0.05, 0) is 134 Å². The van der Waals surface area contributed by atoms with Gasteiger partial charge in [-0.25, -0.2) is 0 Å². The van der Waals surface area contributed by atoms with Crippen molar-refractivity contribution in [3.8, 4) is 5.75 Å². The summed E-state index contributed by atoms with van der Waals surface area (Å²) in [7, 11) is 0. The Labute approximate surface area is 258 Å². The largest absolute Gasteiger partial charge is 0.485 e. The maximum absolute atomic E-state index is 6.54. The van der Waals surface area contributed by atoms with Gasteiger partial charge in [-0.1, -0.05) is 90.6 Å². The first-order valence-electron chi connectivity index (χ1n) is 17.6. The Bertz CT molecular complexity index is 1520. The minimum absolute atomic E-state index is 0.157. The van der Waals surface area contributed by atoms with Gasteiger partial charge in [-0.3, -0.25) is 0 Å². The minimum atomic E-state index is 0.157. The molecular weight excluding hydrogens is 520 g/mol. The molecule has 0 bridgehead atoms. The van der Waals surface area contributed by atoms with Crippen molar-refractivity contribution in [3.63, 3.8) is 0 Å². The summed E-state index contributed by atoms with van der Waals surface area (Å²) in [4.78, 5) is 0. The van der Waals surface area contributed by atoms with Gasteiger partial charge in [0, 0.05) is 17.4 Å². The van der Waals surface area contributed by atoms with E-state index in [-0.39, 0.29) is 6.10 Å². The summed E-state index contributed by atoms with van der Waals surface area (Å²) >= 11 is 0. The fraction of sp³-hybridized carbons (Fsp3) is 0.476. The lowest BCUT2D eigenvalue weighted by atomic mass is 9.48. The molecule has 10 unspecified atom stereocenters. The highest BCUT2D eigenvalue weighted by Crippen LogP contribution is 2.61. The molecule has 1 heterocycles. The number of allylic oxidation sites excluding steroid dienone is 14. The summed E-state index contributed by atoms with van der Waals surface area (Å²) in [6.07, 6.45) is 45.1. The van der Waals surface area contributed by atoms with Crippen LogP contribution in [0.25, 0.3) is 0 Å². The van der Waals surface area contributed by atoms with Crippen LogP contribution in [-0.2, 0) is 0 Å². The zero-order valence-corrected chi connectivity index (χ0v) is 25.5. The smallest absolute Gasteiger partial charge is 0.128 e. The molecule has 1 aromatic carbocycles. The standard InChI is InChI=1S/C42H46O/c1-2-16-30-27(12-1)13-10-22-31(30)28-14-9-15-29(26-28)40-32-17-3-5-19-34(32)41(35-20-6-4-18-33(35)40)37-23-11-25-39-42(37)36-21-7-8-24-38(36)43-39/h1,3,5-9,11-12,14,20-21,23-26,29,31-36,38,40-41H,2,4,10,13,15-19,22H2. The molecule has 0 saturated heterocycles. The summed E-state index contributed by atoms with van der Waals surface area (Å²) in [5.41, 5.74) is 8.19. The first-order chi connectivity index (χ1) is 21.3. The van der Waals surface area contributed by atoms with Crippen LogP contribution >= 0.6 is 0 Å². The lowest BCUT2D eigenvalue weighted by Gasteiger charge is -2.56. The Morgan fingerprint density at radius 1 is 0.744 bits per heavy atom. The van der Waals surface area contributed by atoms with Gasteiger partial charge in [0.15, 0.2) is 0 Å². The van der Waals surface area contributed by atoms with Crippen LogP contribution < -0.4 is 4.74 Å². The molecule has 7 aliphatic carbocycles. The lowest BCUT2D eigenvalue weighted by molar-refractivity contribution is -0.000377. The van der Waals surface area contributed by atoms with Gasteiger partial charge in [-0.15, -0.1) is 0 Å².